The Morgan fingerprint density at radius 3 is 2.73 bits per heavy atom. The van der Waals surface area contributed by atoms with Gasteiger partial charge in [0.25, 0.3) is 5.91 Å². The summed E-state index contributed by atoms with van der Waals surface area (Å²) in [4.78, 5) is 42.5. The molecule has 236 valence electrons. The van der Waals surface area contributed by atoms with Gasteiger partial charge < -0.3 is 31.2 Å². The minimum Gasteiger partial charge on any atom is -0.453 e. The summed E-state index contributed by atoms with van der Waals surface area (Å²) < 4.78 is 20.0. The van der Waals surface area contributed by atoms with Crippen molar-refractivity contribution in [3.63, 3.8) is 0 Å². The number of pyridine rings is 1. The second kappa shape index (κ2) is 15.3. The molecular weight excluding hydrogens is 603 g/mol. The number of carbonyl (C=O) groups excluding carboxylic acids is 3. The number of nitrogens with one attached hydrogen (secondary N) is 5. The van der Waals surface area contributed by atoms with Crippen LogP contribution in [0.25, 0.3) is 11.1 Å². The Morgan fingerprint density at radius 2 is 2.00 bits per heavy atom. The molecule has 1 aliphatic heterocycles. The number of carbonyl (C=O) groups is 3. The van der Waals surface area contributed by atoms with E-state index in [-0.39, 0.29) is 42.2 Å². The quantitative estimate of drug-likeness (QED) is 0.0997. The number of nitrogens with zero attached hydrogens (tertiary/aromatic N) is 1. The van der Waals surface area contributed by atoms with E-state index in [0.29, 0.717) is 46.1 Å². The van der Waals surface area contributed by atoms with E-state index in [4.69, 9.17) is 17.0 Å². The van der Waals surface area contributed by atoms with Gasteiger partial charge in [-0.15, -0.1) is 0 Å². The Morgan fingerprint density at radius 1 is 1.20 bits per heavy atom. The fourth-order valence-electron chi connectivity index (χ4n) is 4.83. The fraction of sp³-hybridized carbons (Fsp3) is 0.281. The number of anilines is 3. The summed E-state index contributed by atoms with van der Waals surface area (Å²) in [6, 6.07) is 12.3. The highest BCUT2D eigenvalue weighted by Crippen LogP contribution is 2.35. The number of aliphatic hydroxyl groups is 1. The van der Waals surface area contributed by atoms with Gasteiger partial charge in [0.2, 0.25) is 11.9 Å². The lowest BCUT2D eigenvalue weighted by Crippen LogP contribution is -2.33. The average Bonchev–Trinajstić information content (AvgIpc) is 3.01. The van der Waals surface area contributed by atoms with Gasteiger partial charge in [0.15, 0.2) is 0 Å². The largest absolute Gasteiger partial charge is 0.453 e. The molecule has 3 aromatic rings. The summed E-state index contributed by atoms with van der Waals surface area (Å²) in [5, 5.41) is 29.6. The Bertz CT molecular complexity index is 1630. The van der Waals surface area contributed by atoms with E-state index in [2.05, 4.69) is 31.0 Å². The summed E-state index contributed by atoms with van der Waals surface area (Å²) in [5.74, 6) is -2.12. The van der Waals surface area contributed by atoms with E-state index in [1.165, 1.54) is 19.5 Å². The smallest absolute Gasteiger partial charge is 0.411 e. The maximum absolute atomic E-state index is 15.4. The molecule has 1 aromatic heterocycles. The second-order valence-electron chi connectivity index (χ2n) is 10.5. The van der Waals surface area contributed by atoms with Gasteiger partial charge in [-0.25, -0.2) is 9.78 Å². The number of aromatic nitrogens is 1. The van der Waals surface area contributed by atoms with Crippen LogP contribution in [-0.4, -0.2) is 47.4 Å². The average molecular weight is 637 g/mol. The third-order valence-corrected chi connectivity index (χ3v) is 7.52. The normalized spacial score (nSPS) is 16.6. The van der Waals surface area contributed by atoms with Gasteiger partial charge in [-0.3, -0.25) is 14.9 Å². The predicted molar refractivity (Wildman–Crippen MR) is 171 cm³/mol. The number of halogens is 2. The van der Waals surface area contributed by atoms with Crippen molar-refractivity contribution in [2.75, 3.05) is 29.7 Å². The maximum Gasteiger partial charge on any atom is 0.411 e. The van der Waals surface area contributed by atoms with E-state index in [1.807, 2.05) is 0 Å². The summed E-state index contributed by atoms with van der Waals surface area (Å²) >= 11 is 6.07. The molecule has 0 radical (unpaired) electrons. The molecule has 0 spiro atoms. The number of rotatable bonds is 8. The number of hydrogen-bond donors (Lipinski definition) is 6. The molecule has 0 aliphatic carbocycles. The maximum atomic E-state index is 15.4. The standard InChI is InChI=1S/C32H34ClFN6O5/c1-18-5-3-8-27(39-31(43)25(26(35)11-12-41)17-36-21-7-4-6-20(33)14-21)24-13-19(16-37-29(24)34)23-10-9-22(38-32(44)45-2)15-28(23)40-30(18)42/h4,6-7,9-10,13-18,27,35-36,41H,3,5,8,11-12H2,1-2H3,(H,38,44)(H,39,43)(H,40,42)/b25-17+,35-26?/t18?,27-/m0/s1. The molecule has 2 aromatic carbocycles. The predicted octanol–water partition coefficient (Wildman–Crippen LogP) is 6.03. The lowest BCUT2D eigenvalue weighted by atomic mass is 9.93. The number of methoxy groups -OCH3 is 1. The minimum atomic E-state index is -0.861. The van der Waals surface area contributed by atoms with Crippen LogP contribution in [0.5, 0.6) is 0 Å². The number of aliphatic hydroxyl groups excluding tert-OH is 1. The monoisotopic (exact) mass is 636 g/mol. The first-order valence-electron chi connectivity index (χ1n) is 14.3. The highest BCUT2D eigenvalue weighted by atomic mass is 35.5. The van der Waals surface area contributed by atoms with Gasteiger partial charge in [-0.1, -0.05) is 37.1 Å². The molecule has 0 fully saturated rings. The van der Waals surface area contributed by atoms with Gasteiger partial charge in [-0.2, -0.15) is 4.39 Å². The molecule has 3 amide bonds. The summed E-state index contributed by atoms with van der Waals surface area (Å²) in [5.41, 5.74) is 2.25. The molecule has 1 aliphatic rings. The highest BCUT2D eigenvalue weighted by molar-refractivity contribution is 6.30. The fourth-order valence-corrected chi connectivity index (χ4v) is 5.02. The zero-order valence-corrected chi connectivity index (χ0v) is 25.5. The van der Waals surface area contributed by atoms with Crippen molar-refractivity contribution in [2.24, 2.45) is 5.92 Å². The molecule has 13 heteroatoms. The third kappa shape index (κ3) is 8.64. The van der Waals surface area contributed by atoms with Crippen LogP contribution in [0.1, 0.15) is 44.2 Å². The number of amides is 3. The van der Waals surface area contributed by atoms with E-state index in [0.717, 1.165) is 0 Å². The van der Waals surface area contributed by atoms with Gasteiger partial charge >= 0.3 is 6.09 Å². The second-order valence-corrected chi connectivity index (χ2v) is 10.9. The zero-order chi connectivity index (χ0) is 32.5. The number of fused-ring (bicyclic) bond motifs is 4. The molecular formula is C32H34ClFN6O5. The topological polar surface area (TPSA) is 166 Å². The highest BCUT2D eigenvalue weighted by Gasteiger charge is 2.26. The molecule has 2 atom stereocenters. The lowest BCUT2D eigenvalue weighted by Gasteiger charge is -2.24. The van der Waals surface area contributed by atoms with E-state index in [9.17, 15) is 19.5 Å². The van der Waals surface area contributed by atoms with Crippen LogP contribution >= 0.6 is 11.6 Å². The number of benzene rings is 2. The molecule has 4 rings (SSSR count). The van der Waals surface area contributed by atoms with Crippen molar-refractivity contribution in [1.29, 1.82) is 5.41 Å². The van der Waals surface area contributed by atoms with Crippen LogP contribution in [0, 0.1) is 17.3 Å². The zero-order valence-electron chi connectivity index (χ0n) is 24.7. The SMILES string of the molecule is COC(=O)Nc1ccc2c(c1)NC(=O)C(C)CCC[C@H](NC(=O)/C(=C/Nc1cccc(Cl)c1)C(=N)CCO)c1cc-2cnc1F. The Kier molecular flexibility index (Phi) is 11.2. The third-order valence-electron chi connectivity index (χ3n) is 7.28. The molecule has 2 bridgehead atoms. The van der Waals surface area contributed by atoms with Gasteiger partial charge in [0.1, 0.15) is 0 Å². The van der Waals surface area contributed by atoms with Crippen LogP contribution in [0.15, 0.2) is 66.5 Å². The molecule has 45 heavy (non-hydrogen) atoms. The molecule has 1 unspecified atom stereocenters. The van der Waals surface area contributed by atoms with Gasteiger partial charge in [-0.05, 0) is 49.2 Å². The van der Waals surface area contributed by atoms with E-state index >= 15 is 4.39 Å². The lowest BCUT2D eigenvalue weighted by molar-refractivity contribution is -0.120. The number of hydrogen-bond acceptors (Lipinski definition) is 8. The van der Waals surface area contributed by atoms with Crippen LogP contribution < -0.4 is 21.3 Å². The summed E-state index contributed by atoms with van der Waals surface area (Å²) in [6.07, 6.45) is 3.07. The van der Waals surface area contributed by atoms with Crippen molar-refractivity contribution < 1.29 is 28.6 Å². The Hall–Kier alpha value is -4.81. The first-order chi connectivity index (χ1) is 21.6. The Balaban J connectivity index is 1.72. The summed E-state index contributed by atoms with van der Waals surface area (Å²) in [7, 11) is 1.23. The minimum absolute atomic E-state index is 0.0524. The molecule has 6 N–H and O–H groups in total. The van der Waals surface area contributed by atoms with Crippen LogP contribution in [0.4, 0.5) is 26.2 Å². The van der Waals surface area contributed by atoms with Crippen molar-refractivity contribution in [3.8, 4) is 11.1 Å². The van der Waals surface area contributed by atoms with Gasteiger partial charge in [0, 0.05) is 70.1 Å². The van der Waals surface area contributed by atoms with Gasteiger partial charge in [0.05, 0.1) is 24.4 Å². The van der Waals surface area contributed by atoms with Crippen molar-refractivity contribution >= 4 is 52.3 Å². The first-order valence-corrected chi connectivity index (χ1v) is 14.6. The van der Waals surface area contributed by atoms with Crippen LogP contribution in [-0.2, 0) is 14.3 Å². The first kappa shape index (κ1) is 33.1. The number of ether oxygens (including phenoxy) is 1. The molecule has 0 saturated carbocycles. The van der Waals surface area contributed by atoms with E-state index < -0.39 is 29.9 Å². The van der Waals surface area contributed by atoms with Crippen molar-refractivity contribution in [1.82, 2.24) is 10.3 Å². The van der Waals surface area contributed by atoms with E-state index in [1.54, 1.807) is 55.5 Å². The molecule has 2 heterocycles. The van der Waals surface area contributed by atoms with Crippen LogP contribution in [0.3, 0.4) is 0 Å². The van der Waals surface area contributed by atoms with Crippen LogP contribution in [0.2, 0.25) is 5.02 Å². The summed E-state index contributed by atoms with van der Waals surface area (Å²) in [6.45, 7) is 1.42. The van der Waals surface area contributed by atoms with Crippen molar-refractivity contribution in [3.05, 3.63) is 83.0 Å². The van der Waals surface area contributed by atoms with Crippen molar-refractivity contribution in [2.45, 2.75) is 38.6 Å². The Labute approximate surface area is 264 Å². The molecule has 0 saturated heterocycles. The molecule has 11 nitrogen and oxygen atoms in total.